The van der Waals surface area contributed by atoms with Gasteiger partial charge in [0, 0.05) is 24.7 Å². The predicted molar refractivity (Wildman–Crippen MR) is 108 cm³/mol. The highest BCUT2D eigenvalue weighted by molar-refractivity contribution is 6.43. The number of hydrogen-bond acceptors (Lipinski definition) is 4. The van der Waals surface area contributed by atoms with Crippen LogP contribution in [0.5, 0.6) is 0 Å². The van der Waals surface area contributed by atoms with E-state index in [9.17, 15) is 4.79 Å². The lowest BCUT2D eigenvalue weighted by molar-refractivity contribution is 0.290. The molecule has 1 aromatic carbocycles. The van der Waals surface area contributed by atoms with Gasteiger partial charge in [0.25, 0.3) is 5.56 Å². The number of benzene rings is 1. The molecule has 1 aliphatic rings. The molecule has 0 aliphatic heterocycles. The van der Waals surface area contributed by atoms with E-state index in [0.717, 1.165) is 25.7 Å². The Morgan fingerprint density at radius 3 is 2.58 bits per heavy atom. The average molecular weight is 395 g/mol. The molecule has 0 amide bonds. The third kappa shape index (κ3) is 3.75. The minimum absolute atomic E-state index is 0.0899. The first kappa shape index (κ1) is 19.2. The molecule has 3 rings (SSSR count). The van der Waals surface area contributed by atoms with E-state index in [2.05, 4.69) is 16.8 Å². The molecule has 0 atom stereocenters. The topological polar surface area (TPSA) is 64.2 Å². The van der Waals surface area contributed by atoms with Crippen LogP contribution in [0.15, 0.2) is 29.1 Å². The second-order valence-corrected chi connectivity index (χ2v) is 8.19. The van der Waals surface area contributed by atoms with Crippen LogP contribution in [-0.4, -0.2) is 28.2 Å². The van der Waals surface area contributed by atoms with Gasteiger partial charge in [0.15, 0.2) is 0 Å². The number of anilines is 1. The number of nitrogens with zero attached hydrogens (tertiary/aromatic N) is 3. The molecule has 1 saturated carbocycles. The van der Waals surface area contributed by atoms with Crippen molar-refractivity contribution in [3.05, 3.63) is 50.5 Å². The lowest BCUT2D eigenvalue weighted by Crippen LogP contribution is -2.46. The Hall–Kier alpha value is -1.56. The van der Waals surface area contributed by atoms with Gasteiger partial charge in [0.1, 0.15) is 11.6 Å². The van der Waals surface area contributed by atoms with Crippen LogP contribution in [0.1, 0.15) is 38.4 Å². The summed E-state index contributed by atoms with van der Waals surface area (Å²) in [5, 5.41) is 0.750. The fraction of sp³-hybridized carbons (Fsp3) is 0.474. The summed E-state index contributed by atoms with van der Waals surface area (Å²) in [6, 6.07) is 7.11. The first-order valence-electron chi connectivity index (χ1n) is 8.76. The molecule has 5 nitrogen and oxygen atoms in total. The molecule has 0 bridgehead atoms. The maximum Gasteiger partial charge on any atom is 0.260 e. The van der Waals surface area contributed by atoms with Crippen molar-refractivity contribution in [2.24, 2.45) is 5.73 Å². The van der Waals surface area contributed by atoms with Gasteiger partial charge in [-0.05, 0) is 51.7 Å². The third-order valence-corrected chi connectivity index (χ3v) is 6.06. The summed E-state index contributed by atoms with van der Waals surface area (Å²) >= 11 is 12.4. The molecule has 1 fully saturated rings. The molecular formula is C19H24Cl2N4O. The fourth-order valence-corrected chi connectivity index (χ4v) is 3.94. The standard InChI is InChI=1S/C19H24Cl2N4O/c1-12-23-16(24(3)13-7-9-19(2,22)10-8-13)11-17(26)25(12)15-6-4-5-14(20)18(15)21/h4-6,11,13H,7-10,22H2,1-3H3/t13-,19-. The lowest BCUT2D eigenvalue weighted by atomic mass is 9.81. The highest BCUT2D eigenvalue weighted by Crippen LogP contribution is 2.31. The zero-order chi connectivity index (χ0) is 19.1. The van der Waals surface area contributed by atoms with Gasteiger partial charge in [-0.1, -0.05) is 29.3 Å². The third-order valence-electron chi connectivity index (χ3n) is 5.25. The highest BCUT2D eigenvalue weighted by Gasteiger charge is 2.30. The van der Waals surface area contributed by atoms with Crippen LogP contribution in [0.2, 0.25) is 10.0 Å². The molecule has 0 radical (unpaired) electrons. The van der Waals surface area contributed by atoms with E-state index < -0.39 is 0 Å². The van der Waals surface area contributed by atoms with E-state index in [1.54, 1.807) is 31.2 Å². The molecule has 0 spiro atoms. The number of nitrogens with two attached hydrogens (primary N) is 1. The zero-order valence-electron chi connectivity index (χ0n) is 15.3. The maximum absolute atomic E-state index is 12.8. The van der Waals surface area contributed by atoms with Crippen molar-refractivity contribution in [1.82, 2.24) is 9.55 Å². The van der Waals surface area contributed by atoms with Crippen molar-refractivity contribution >= 4 is 29.0 Å². The van der Waals surface area contributed by atoms with Crippen LogP contribution in [0.3, 0.4) is 0 Å². The van der Waals surface area contributed by atoms with Crippen molar-refractivity contribution in [3.8, 4) is 5.69 Å². The summed E-state index contributed by atoms with van der Waals surface area (Å²) in [5.41, 5.74) is 6.50. The Labute approximate surface area is 163 Å². The molecule has 26 heavy (non-hydrogen) atoms. The summed E-state index contributed by atoms with van der Waals surface area (Å²) in [5.74, 6) is 1.25. The quantitative estimate of drug-likeness (QED) is 0.855. The van der Waals surface area contributed by atoms with E-state index in [1.807, 2.05) is 7.05 Å². The molecule has 0 unspecified atom stereocenters. The molecule has 1 aromatic heterocycles. The molecule has 1 aliphatic carbocycles. The van der Waals surface area contributed by atoms with E-state index in [0.29, 0.717) is 33.4 Å². The summed E-state index contributed by atoms with van der Waals surface area (Å²) in [6.45, 7) is 3.90. The summed E-state index contributed by atoms with van der Waals surface area (Å²) in [6.07, 6.45) is 3.92. The first-order valence-corrected chi connectivity index (χ1v) is 9.52. The van der Waals surface area contributed by atoms with Gasteiger partial charge in [0.2, 0.25) is 0 Å². The maximum atomic E-state index is 12.8. The number of aromatic nitrogens is 2. The Morgan fingerprint density at radius 1 is 1.31 bits per heavy atom. The predicted octanol–water partition coefficient (Wildman–Crippen LogP) is 3.94. The summed E-state index contributed by atoms with van der Waals surface area (Å²) in [7, 11) is 1.99. The van der Waals surface area contributed by atoms with Crippen LogP contribution < -0.4 is 16.2 Å². The summed E-state index contributed by atoms with van der Waals surface area (Å²) < 4.78 is 1.49. The molecule has 1 heterocycles. The van der Waals surface area contributed by atoms with Crippen molar-refractivity contribution in [3.63, 3.8) is 0 Å². The zero-order valence-corrected chi connectivity index (χ0v) is 16.8. The van der Waals surface area contributed by atoms with Crippen molar-refractivity contribution < 1.29 is 0 Å². The molecule has 0 saturated heterocycles. The van der Waals surface area contributed by atoms with Gasteiger partial charge < -0.3 is 10.6 Å². The molecule has 2 N–H and O–H groups in total. The minimum Gasteiger partial charge on any atom is -0.356 e. The van der Waals surface area contributed by atoms with Crippen molar-refractivity contribution in [2.45, 2.75) is 51.1 Å². The molecule has 2 aromatic rings. The van der Waals surface area contributed by atoms with Gasteiger partial charge in [0.05, 0.1) is 15.7 Å². The van der Waals surface area contributed by atoms with Gasteiger partial charge in [-0.15, -0.1) is 0 Å². The van der Waals surface area contributed by atoms with Crippen LogP contribution in [-0.2, 0) is 0 Å². The fourth-order valence-electron chi connectivity index (χ4n) is 3.56. The Kier molecular flexibility index (Phi) is 5.33. The van der Waals surface area contributed by atoms with Crippen LogP contribution in [0, 0.1) is 6.92 Å². The van der Waals surface area contributed by atoms with Crippen molar-refractivity contribution in [2.75, 3.05) is 11.9 Å². The summed E-state index contributed by atoms with van der Waals surface area (Å²) in [4.78, 5) is 19.5. The second-order valence-electron chi connectivity index (χ2n) is 7.40. The number of rotatable bonds is 3. The Balaban J connectivity index is 1.93. The number of halogens is 2. The van der Waals surface area contributed by atoms with E-state index in [1.165, 1.54) is 4.57 Å². The lowest BCUT2D eigenvalue weighted by Gasteiger charge is -2.39. The minimum atomic E-state index is -0.178. The second kappa shape index (κ2) is 7.22. The Morgan fingerprint density at radius 2 is 1.96 bits per heavy atom. The largest absolute Gasteiger partial charge is 0.356 e. The van der Waals surface area contributed by atoms with E-state index in [-0.39, 0.29) is 11.1 Å². The smallest absolute Gasteiger partial charge is 0.260 e. The van der Waals surface area contributed by atoms with Gasteiger partial charge >= 0.3 is 0 Å². The highest BCUT2D eigenvalue weighted by atomic mass is 35.5. The SMILES string of the molecule is Cc1nc(N(C)[C@H]2CC[C@](C)(N)CC2)cc(=O)n1-c1cccc(Cl)c1Cl. The first-order chi connectivity index (χ1) is 12.2. The Bertz CT molecular complexity index is 868. The van der Waals surface area contributed by atoms with Gasteiger partial charge in [-0.3, -0.25) is 9.36 Å². The molecular weight excluding hydrogens is 371 g/mol. The van der Waals surface area contributed by atoms with E-state index >= 15 is 0 Å². The van der Waals surface area contributed by atoms with Crippen LogP contribution in [0.25, 0.3) is 5.69 Å². The van der Waals surface area contributed by atoms with Crippen LogP contribution >= 0.6 is 23.2 Å². The van der Waals surface area contributed by atoms with Gasteiger partial charge in [-0.25, -0.2) is 4.98 Å². The van der Waals surface area contributed by atoms with Crippen LogP contribution in [0.4, 0.5) is 5.82 Å². The number of hydrogen-bond donors (Lipinski definition) is 1. The monoisotopic (exact) mass is 394 g/mol. The normalized spacial score (nSPS) is 23.1. The molecule has 7 heteroatoms. The number of aryl methyl sites for hydroxylation is 1. The van der Waals surface area contributed by atoms with Crippen molar-refractivity contribution in [1.29, 1.82) is 0 Å². The average Bonchev–Trinajstić information content (AvgIpc) is 2.57. The molecule has 140 valence electrons. The van der Waals surface area contributed by atoms with Gasteiger partial charge in [-0.2, -0.15) is 0 Å². The van der Waals surface area contributed by atoms with E-state index in [4.69, 9.17) is 28.9 Å².